The highest BCUT2D eigenvalue weighted by Gasteiger charge is 2.05. The van der Waals surface area contributed by atoms with Gasteiger partial charge in [0, 0.05) is 25.4 Å². The first-order chi connectivity index (χ1) is 6.33. The first-order valence-electron chi connectivity index (χ1n) is 4.92. The summed E-state index contributed by atoms with van der Waals surface area (Å²) >= 11 is 0. The van der Waals surface area contributed by atoms with E-state index in [4.69, 9.17) is 4.74 Å². The van der Waals surface area contributed by atoms with Crippen LogP contribution in [0.2, 0.25) is 0 Å². The second-order valence-corrected chi connectivity index (χ2v) is 3.16. The zero-order valence-corrected chi connectivity index (χ0v) is 8.16. The van der Waals surface area contributed by atoms with Crippen molar-refractivity contribution in [3.05, 3.63) is 12.3 Å². The van der Waals surface area contributed by atoms with Gasteiger partial charge in [0.25, 0.3) is 0 Å². The predicted molar refractivity (Wildman–Crippen MR) is 51.2 cm³/mol. The fraction of sp³-hybridized carbons (Fsp3) is 0.700. The fourth-order valence-electron chi connectivity index (χ4n) is 1.42. The van der Waals surface area contributed by atoms with Crippen LogP contribution in [-0.4, -0.2) is 30.6 Å². The highest BCUT2D eigenvalue weighted by Crippen LogP contribution is 2.08. The predicted octanol–water partition coefficient (Wildman–Crippen LogP) is 1.55. The average molecular weight is 183 g/mol. The molecule has 0 unspecified atom stereocenters. The quantitative estimate of drug-likeness (QED) is 0.491. The fourth-order valence-corrected chi connectivity index (χ4v) is 1.42. The summed E-state index contributed by atoms with van der Waals surface area (Å²) in [6, 6.07) is 0. The van der Waals surface area contributed by atoms with Crippen molar-refractivity contribution < 1.29 is 9.53 Å². The third-order valence-corrected chi connectivity index (χ3v) is 2.10. The van der Waals surface area contributed by atoms with Gasteiger partial charge in [-0.2, -0.15) is 0 Å². The second-order valence-electron chi connectivity index (χ2n) is 3.16. The molecule has 1 aliphatic rings. The number of hydrogen-bond acceptors (Lipinski definition) is 3. The molecule has 3 nitrogen and oxygen atoms in total. The summed E-state index contributed by atoms with van der Waals surface area (Å²) in [6.45, 7) is 4.39. The summed E-state index contributed by atoms with van der Waals surface area (Å²) < 4.78 is 4.78. The van der Waals surface area contributed by atoms with Gasteiger partial charge in [-0.05, 0) is 26.2 Å². The van der Waals surface area contributed by atoms with Crippen LogP contribution in [-0.2, 0) is 9.53 Å². The first kappa shape index (κ1) is 10.1. The molecule has 13 heavy (non-hydrogen) atoms. The molecular formula is C10H17NO2. The molecule has 1 rings (SSSR count). The van der Waals surface area contributed by atoms with E-state index in [9.17, 15) is 4.79 Å². The normalized spacial score (nSPS) is 17.8. The van der Waals surface area contributed by atoms with Crippen LogP contribution < -0.4 is 0 Å². The Morgan fingerprint density at radius 2 is 2.08 bits per heavy atom. The van der Waals surface area contributed by atoms with Crippen LogP contribution >= 0.6 is 0 Å². The Morgan fingerprint density at radius 1 is 1.38 bits per heavy atom. The van der Waals surface area contributed by atoms with Gasteiger partial charge in [0.1, 0.15) is 0 Å². The van der Waals surface area contributed by atoms with Crippen LogP contribution in [0.3, 0.4) is 0 Å². The van der Waals surface area contributed by atoms with Crippen LogP contribution in [0.25, 0.3) is 0 Å². The van der Waals surface area contributed by atoms with Gasteiger partial charge in [0.15, 0.2) is 0 Å². The summed E-state index contributed by atoms with van der Waals surface area (Å²) in [4.78, 5) is 13.1. The smallest absolute Gasteiger partial charge is 0.332 e. The van der Waals surface area contributed by atoms with E-state index in [1.54, 1.807) is 0 Å². The van der Waals surface area contributed by atoms with E-state index in [2.05, 4.69) is 4.90 Å². The summed E-state index contributed by atoms with van der Waals surface area (Å²) in [5.74, 6) is -0.243. The van der Waals surface area contributed by atoms with Gasteiger partial charge in [0.05, 0.1) is 6.61 Å². The molecule has 0 aromatic carbocycles. The molecule has 0 aromatic rings. The van der Waals surface area contributed by atoms with E-state index < -0.39 is 0 Å². The van der Waals surface area contributed by atoms with Crippen LogP contribution in [0.1, 0.15) is 26.2 Å². The molecule has 1 fully saturated rings. The van der Waals surface area contributed by atoms with Gasteiger partial charge in [-0.25, -0.2) is 4.79 Å². The van der Waals surface area contributed by atoms with E-state index >= 15 is 0 Å². The van der Waals surface area contributed by atoms with E-state index in [1.807, 2.05) is 13.1 Å². The van der Waals surface area contributed by atoms with Gasteiger partial charge in [-0.3, -0.25) is 0 Å². The number of esters is 1. The van der Waals surface area contributed by atoms with Crippen molar-refractivity contribution in [2.45, 2.75) is 26.2 Å². The molecule has 0 aliphatic carbocycles. The van der Waals surface area contributed by atoms with E-state index in [0.717, 1.165) is 13.1 Å². The SMILES string of the molecule is CCOC(=O)C=CN1CCCCC1. The maximum absolute atomic E-state index is 11.0. The van der Waals surface area contributed by atoms with Gasteiger partial charge < -0.3 is 9.64 Å². The monoisotopic (exact) mass is 183 g/mol. The summed E-state index contributed by atoms with van der Waals surface area (Å²) in [5, 5.41) is 0. The number of carbonyl (C=O) groups is 1. The highest BCUT2D eigenvalue weighted by molar-refractivity contribution is 5.81. The topological polar surface area (TPSA) is 29.5 Å². The van der Waals surface area contributed by atoms with Crippen LogP contribution in [0.5, 0.6) is 0 Å². The molecule has 74 valence electrons. The molecule has 0 radical (unpaired) electrons. The number of piperidine rings is 1. The summed E-state index contributed by atoms with van der Waals surface area (Å²) in [5.41, 5.74) is 0. The number of likely N-dealkylation sites (tertiary alicyclic amines) is 1. The lowest BCUT2D eigenvalue weighted by atomic mass is 10.1. The van der Waals surface area contributed by atoms with Crippen molar-refractivity contribution >= 4 is 5.97 Å². The molecule has 0 atom stereocenters. The zero-order valence-electron chi connectivity index (χ0n) is 8.16. The Kier molecular flexibility index (Phi) is 4.36. The molecule has 3 heteroatoms. The number of hydrogen-bond donors (Lipinski definition) is 0. The minimum atomic E-state index is -0.243. The molecule has 0 bridgehead atoms. The van der Waals surface area contributed by atoms with Crippen LogP contribution in [0, 0.1) is 0 Å². The Hall–Kier alpha value is -0.990. The van der Waals surface area contributed by atoms with Gasteiger partial charge in [-0.15, -0.1) is 0 Å². The first-order valence-corrected chi connectivity index (χ1v) is 4.92. The third kappa shape index (κ3) is 3.97. The largest absolute Gasteiger partial charge is 0.463 e. The minimum absolute atomic E-state index is 0.243. The number of rotatable bonds is 3. The lowest BCUT2D eigenvalue weighted by Gasteiger charge is -2.24. The van der Waals surface area contributed by atoms with E-state index in [-0.39, 0.29) is 5.97 Å². The Bertz CT molecular complexity index is 183. The maximum Gasteiger partial charge on any atom is 0.332 e. The van der Waals surface area contributed by atoms with E-state index in [1.165, 1.54) is 25.3 Å². The molecular weight excluding hydrogens is 166 g/mol. The second kappa shape index (κ2) is 5.62. The Labute approximate surface area is 79.4 Å². The molecule has 0 aromatic heterocycles. The van der Waals surface area contributed by atoms with Crippen molar-refractivity contribution in [2.24, 2.45) is 0 Å². The molecule has 1 aliphatic heterocycles. The molecule has 1 saturated heterocycles. The molecule has 0 N–H and O–H groups in total. The van der Waals surface area contributed by atoms with Crippen molar-refractivity contribution in [3.8, 4) is 0 Å². The Morgan fingerprint density at radius 3 is 2.69 bits per heavy atom. The maximum atomic E-state index is 11.0. The van der Waals surface area contributed by atoms with Crippen molar-refractivity contribution in [3.63, 3.8) is 0 Å². The minimum Gasteiger partial charge on any atom is -0.463 e. The number of ether oxygens (including phenoxy) is 1. The standard InChI is InChI=1S/C10H17NO2/c1-2-13-10(12)6-9-11-7-4-3-5-8-11/h6,9H,2-5,7-8H2,1H3. The van der Waals surface area contributed by atoms with Crippen LogP contribution in [0.4, 0.5) is 0 Å². The van der Waals surface area contributed by atoms with Gasteiger partial charge >= 0.3 is 5.97 Å². The van der Waals surface area contributed by atoms with Gasteiger partial charge in [0.2, 0.25) is 0 Å². The Balaban J connectivity index is 2.24. The van der Waals surface area contributed by atoms with Gasteiger partial charge in [-0.1, -0.05) is 0 Å². The number of nitrogens with zero attached hydrogens (tertiary/aromatic N) is 1. The zero-order chi connectivity index (χ0) is 9.52. The highest BCUT2D eigenvalue weighted by atomic mass is 16.5. The summed E-state index contributed by atoms with van der Waals surface area (Å²) in [7, 11) is 0. The third-order valence-electron chi connectivity index (χ3n) is 2.10. The molecule has 1 heterocycles. The lowest BCUT2D eigenvalue weighted by molar-refractivity contribution is -0.137. The van der Waals surface area contributed by atoms with E-state index in [0.29, 0.717) is 6.61 Å². The van der Waals surface area contributed by atoms with Crippen molar-refractivity contribution in [2.75, 3.05) is 19.7 Å². The molecule has 0 saturated carbocycles. The molecule has 0 spiro atoms. The van der Waals surface area contributed by atoms with Crippen LogP contribution in [0.15, 0.2) is 12.3 Å². The number of carbonyl (C=O) groups excluding carboxylic acids is 1. The average Bonchev–Trinajstić information content (AvgIpc) is 2.17. The molecule has 0 amide bonds. The summed E-state index contributed by atoms with van der Waals surface area (Å²) in [6.07, 6.45) is 7.12. The van der Waals surface area contributed by atoms with Crippen molar-refractivity contribution in [1.29, 1.82) is 0 Å². The lowest BCUT2D eigenvalue weighted by Crippen LogP contribution is -2.24. The van der Waals surface area contributed by atoms with Crippen molar-refractivity contribution in [1.82, 2.24) is 4.90 Å².